The molecule has 2 nitrogen and oxygen atoms in total. The molecule has 0 aliphatic heterocycles. The molecule has 0 spiro atoms. The number of hydrogen-bond donors (Lipinski definition) is 1. The van der Waals surface area contributed by atoms with E-state index in [2.05, 4.69) is 6.08 Å². The van der Waals surface area contributed by atoms with Crippen LogP contribution in [-0.2, 0) is 10.3 Å². The topological polar surface area (TPSA) is 29.5 Å². The molecular weight excluding hydrogens is 236 g/mol. The van der Waals surface area contributed by atoms with Crippen LogP contribution in [0.25, 0.3) is 0 Å². The fourth-order valence-electron chi connectivity index (χ4n) is 2.85. The van der Waals surface area contributed by atoms with Gasteiger partial charge < -0.3 is 9.84 Å². The average Bonchev–Trinajstić information content (AvgIpc) is 2.39. The van der Waals surface area contributed by atoms with Gasteiger partial charge in [0, 0.05) is 7.11 Å². The van der Waals surface area contributed by atoms with Crippen molar-refractivity contribution in [3.05, 3.63) is 47.5 Å². The van der Waals surface area contributed by atoms with Gasteiger partial charge in [-0.1, -0.05) is 49.2 Å². The highest BCUT2D eigenvalue weighted by atomic mass is 16.5. The number of allylic oxidation sites excluding steroid dienone is 1. The molecule has 104 valence electrons. The van der Waals surface area contributed by atoms with Gasteiger partial charge in [-0.3, -0.25) is 0 Å². The molecule has 1 aliphatic carbocycles. The van der Waals surface area contributed by atoms with Gasteiger partial charge in [-0.05, 0) is 36.8 Å². The third kappa shape index (κ3) is 3.46. The van der Waals surface area contributed by atoms with Crippen LogP contribution in [0.2, 0.25) is 0 Å². The van der Waals surface area contributed by atoms with E-state index in [1.54, 1.807) is 7.11 Å². The Hall–Kier alpha value is -1.12. The number of hydrogen-bond acceptors (Lipinski definition) is 2. The zero-order valence-corrected chi connectivity index (χ0v) is 11.8. The molecule has 2 heteroatoms. The van der Waals surface area contributed by atoms with Crippen molar-refractivity contribution in [2.45, 2.75) is 44.1 Å². The van der Waals surface area contributed by atoms with Crippen molar-refractivity contribution in [2.24, 2.45) is 0 Å². The van der Waals surface area contributed by atoms with E-state index in [4.69, 9.17) is 4.74 Å². The fourth-order valence-corrected chi connectivity index (χ4v) is 2.85. The first-order valence-corrected chi connectivity index (χ1v) is 7.24. The largest absolute Gasteiger partial charge is 0.381 e. The number of ether oxygens (including phenoxy) is 1. The second kappa shape index (κ2) is 6.88. The van der Waals surface area contributed by atoms with Crippen molar-refractivity contribution < 1.29 is 9.84 Å². The van der Waals surface area contributed by atoms with Gasteiger partial charge >= 0.3 is 0 Å². The van der Waals surface area contributed by atoms with Crippen LogP contribution < -0.4 is 0 Å². The Labute approximate surface area is 116 Å². The van der Waals surface area contributed by atoms with Gasteiger partial charge in [0.15, 0.2) is 0 Å². The van der Waals surface area contributed by atoms with Gasteiger partial charge in [-0.2, -0.15) is 0 Å². The molecule has 0 amide bonds. The van der Waals surface area contributed by atoms with Crippen LogP contribution in [-0.4, -0.2) is 18.8 Å². The first-order valence-electron chi connectivity index (χ1n) is 7.24. The lowest BCUT2D eigenvalue weighted by atomic mass is 9.82. The van der Waals surface area contributed by atoms with Gasteiger partial charge in [0.1, 0.15) is 5.60 Å². The SMILES string of the molecule is COCC(O)(/C1=C/CCCCCC1)c1ccccc1. The maximum absolute atomic E-state index is 11.1. The molecule has 2 rings (SSSR count). The molecule has 1 unspecified atom stereocenters. The number of benzene rings is 1. The van der Waals surface area contributed by atoms with Crippen LogP contribution >= 0.6 is 0 Å². The Morgan fingerprint density at radius 3 is 2.58 bits per heavy atom. The predicted molar refractivity (Wildman–Crippen MR) is 78.0 cm³/mol. The summed E-state index contributed by atoms with van der Waals surface area (Å²) < 4.78 is 5.30. The Balaban J connectivity index is 2.32. The van der Waals surface area contributed by atoms with Crippen molar-refractivity contribution in [1.82, 2.24) is 0 Å². The monoisotopic (exact) mass is 260 g/mol. The highest BCUT2D eigenvalue weighted by molar-refractivity contribution is 5.33. The van der Waals surface area contributed by atoms with Crippen LogP contribution in [0.3, 0.4) is 0 Å². The molecule has 0 heterocycles. The third-order valence-corrected chi connectivity index (χ3v) is 3.93. The van der Waals surface area contributed by atoms with E-state index in [-0.39, 0.29) is 0 Å². The third-order valence-electron chi connectivity index (χ3n) is 3.93. The van der Waals surface area contributed by atoms with E-state index in [0.29, 0.717) is 6.61 Å². The standard InChI is InChI=1S/C17H24O2/c1-19-14-17(18,16-12-8-5-9-13-16)15-10-6-3-2-4-7-11-15/h5,8-10,12-13,18H,2-4,6-7,11,14H2,1H3/b15-10+. The average molecular weight is 260 g/mol. The lowest BCUT2D eigenvalue weighted by molar-refractivity contribution is -0.00947. The maximum Gasteiger partial charge on any atom is 0.134 e. The summed E-state index contributed by atoms with van der Waals surface area (Å²) in [7, 11) is 1.65. The van der Waals surface area contributed by atoms with E-state index in [1.165, 1.54) is 19.3 Å². The molecule has 19 heavy (non-hydrogen) atoms. The highest BCUT2D eigenvalue weighted by Gasteiger charge is 2.33. The number of aliphatic hydroxyl groups is 1. The minimum Gasteiger partial charge on any atom is -0.381 e. The van der Waals surface area contributed by atoms with Crippen molar-refractivity contribution >= 4 is 0 Å². The summed E-state index contributed by atoms with van der Waals surface area (Å²) in [6, 6.07) is 9.89. The first-order chi connectivity index (χ1) is 9.27. The van der Waals surface area contributed by atoms with Crippen molar-refractivity contribution in [3.8, 4) is 0 Å². The summed E-state index contributed by atoms with van der Waals surface area (Å²) in [5.41, 5.74) is 1.09. The first kappa shape index (κ1) is 14.3. The van der Waals surface area contributed by atoms with Crippen LogP contribution in [0.5, 0.6) is 0 Å². The molecular formula is C17H24O2. The zero-order chi connectivity index (χ0) is 13.6. The summed E-state index contributed by atoms with van der Waals surface area (Å²) in [6.07, 6.45) is 9.20. The molecule has 0 saturated heterocycles. The van der Waals surface area contributed by atoms with Crippen molar-refractivity contribution in [2.75, 3.05) is 13.7 Å². The smallest absolute Gasteiger partial charge is 0.134 e. The Bertz CT molecular complexity index is 411. The van der Waals surface area contributed by atoms with Gasteiger partial charge in [-0.15, -0.1) is 0 Å². The quantitative estimate of drug-likeness (QED) is 0.834. The predicted octanol–water partition coefficient (Wildman–Crippen LogP) is 3.80. The van der Waals surface area contributed by atoms with Crippen LogP contribution in [0, 0.1) is 0 Å². The summed E-state index contributed by atoms with van der Waals surface area (Å²) in [6.45, 7) is 0.322. The van der Waals surface area contributed by atoms with Gasteiger partial charge in [0.05, 0.1) is 6.61 Å². The molecule has 0 aromatic heterocycles. The highest BCUT2D eigenvalue weighted by Crippen LogP contribution is 2.34. The summed E-state index contributed by atoms with van der Waals surface area (Å²) in [5.74, 6) is 0. The van der Waals surface area contributed by atoms with E-state index < -0.39 is 5.60 Å². The maximum atomic E-state index is 11.1. The molecule has 1 atom stereocenters. The minimum absolute atomic E-state index is 0.322. The number of methoxy groups -OCH3 is 1. The molecule has 0 bridgehead atoms. The van der Waals surface area contributed by atoms with E-state index in [1.807, 2.05) is 30.3 Å². The molecule has 1 aromatic rings. The van der Waals surface area contributed by atoms with Crippen LogP contribution in [0.15, 0.2) is 42.0 Å². The fraction of sp³-hybridized carbons (Fsp3) is 0.529. The molecule has 1 aliphatic rings. The Morgan fingerprint density at radius 1 is 1.11 bits per heavy atom. The van der Waals surface area contributed by atoms with Gasteiger partial charge in [0.2, 0.25) is 0 Å². The zero-order valence-electron chi connectivity index (χ0n) is 11.8. The van der Waals surface area contributed by atoms with E-state index in [9.17, 15) is 5.11 Å². The van der Waals surface area contributed by atoms with Crippen molar-refractivity contribution in [3.63, 3.8) is 0 Å². The summed E-state index contributed by atoms with van der Waals surface area (Å²) in [5, 5.41) is 11.1. The lowest BCUT2D eigenvalue weighted by Gasteiger charge is -2.32. The minimum atomic E-state index is -0.965. The summed E-state index contributed by atoms with van der Waals surface area (Å²) in [4.78, 5) is 0. The van der Waals surface area contributed by atoms with Crippen molar-refractivity contribution in [1.29, 1.82) is 0 Å². The van der Waals surface area contributed by atoms with Crippen LogP contribution in [0.4, 0.5) is 0 Å². The molecule has 0 radical (unpaired) electrons. The number of rotatable bonds is 4. The Morgan fingerprint density at radius 2 is 1.84 bits per heavy atom. The molecule has 1 N–H and O–H groups in total. The normalized spacial score (nSPS) is 22.7. The van der Waals surface area contributed by atoms with E-state index in [0.717, 1.165) is 30.4 Å². The lowest BCUT2D eigenvalue weighted by Crippen LogP contribution is -2.34. The molecule has 0 saturated carbocycles. The summed E-state index contributed by atoms with van der Waals surface area (Å²) >= 11 is 0. The Kier molecular flexibility index (Phi) is 5.17. The van der Waals surface area contributed by atoms with E-state index >= 15 is 0 Å². The van der Waals surface area contributed by atoms with Gasteiger partial charge in [0.25, 0.3) is 0 Å². The second-order valence-electron chi connectivity index (χ2n) is 5.34. The molecule has 1 aromatic carbocycles. The van der Waals surface area contributed by atoms with Gasteiger partial charge in [-0.25, -0.2) is 0 Å². The molecule has 0 fully saturated rings. The van der Waals surface area contributed by atoms with Crippen LogP contribution in [0.1, 0.15) is 44.1 Å². The second-order valence-corrected chi connectivity index (χ2v) is 5.34.